The Morgan fingerprint density at radius 3 is 2.93 bits per heavy atom. The number of anilines is 1. The molecule has 6 heteroatoms. The molecule has 0 aliphatic heterocycles. The van der Waals surface area contributed by atoms with Crippen molar-refractivity contribution in [1.29, 1.82) is 0 Å². The molecule has 0 unspecified atom stereocenters. The highest BCUT2D eigenvalue weighted by atomic mass is 127. The zero-order valence-corrected chi connectivity index (χ0v) is 9.83. The lowest BCUT2D eigenvalue weighted by Crippen LogP contribution is -1.96. The second-order valence-electron chi connectivity index (χ2n) is 2.72. The van der Waals surface area contributed by atoms with E-state index < -0.39 is 4.92 Å². The van der Waals surface area contributed by atoms with E-state index in [-0.39, 0.29) is 11.4 Å². The third-order valence-electron chi connectivity index (χ3n) is 1.88. The van der Waals surface area contributed by atoms with Crippen LogP contribution in [-0.4, -0.2) is 4.92 Å². The Morgan fingerprint density at radius 2 is 2.29 bits per heavy atom. The number of rotatable bonds is 1. The van der Waals surface area contributed by atoms with E-state index in [4.69, 9.17) is 5.73 Å². The highest BCUT2D eigenvalue weighted by molar-refractivity contribution is 14.1. The molecule has 2 N–H and O–H groups in total. The minimum absolute atomic E-state index is 0.0235. The van der Waals surface area contributed by atoms with Gasteiger partial charge < -0.3 is 5.73 Å². The number of hydrogen-bond donors (Lipinski definition) is 1. The average Bonchev–Trinajstić information content (AvgIpc) is 2.51. The molecule has 72 valence electrons. The molecular formula is C8H5IN2O2S. The first-order valence-corrected chi connectivity index (χ1v) is 5.66. The normalized spacial score (nSPS) is 10.6. The summed E-state index contributed by atoms with van der Waals surface area (Å²) in [5, 5.41) is 13.5. The Hall–Kier alpha value is -0.890. The molecule has 0 radical (unpaired) electrons. The van der Waals surface area contributed by atoms with Crippen molar-refractivity contribution in [3.05, 3.63) is 31.2 Å². The number of nitrogen functional groups attached to an aromatic ring is 1. The molecule has 0 bridgehead atoms. The van der Waals surface area contributed by atoms with Gasteiger partial charge in [-0.1, -0.05) is 0 Å². The first-order valence-electron chi connectivity index (χ1n) is 3.71. The molecule has 2 aromatic rings. The third kappa shape index (κ3) is 1.34. The van der Waals surface area contributed by atoms with E-state index in [0.29, 0.717) is 4.70 Å². The molecule has 0 atom stereocenters. The first-order chi connectivity index (χ1) is 6.61. The van der Waals surface area contributed by atoms with Gasteiger partial charge in [0, 0.05) is 8.96 Å². The van der Waals surface area contributed by atoms with E-state index in [1.807, 2.05) is 11.4 Å². The Bertz CT molecular complexity index is 523. The van der Waals surface area contributed by atoms with Crippen LogP contribution in [0.3, 0.4) is 0 Å². The molecule has 0 saturated heterocycles. The summed E-state index contributed by atoms with van der Waals surface area (Å²) in [5.74, 6) is 0. The zero-order valence-electron chi connectivity index (χ0n) is 6.86. The molecule has 0 fully saturated rings. The second-order valence-corrected chi connectivity index (χ2v) is 4.80. The number of nitrogens with zero attached hydrogens (tertiary/aromatic N) is 1. The SMILES string of the molecule is Nc1cc(I)c2ccsc2c1[N+](=O)[O-]. The Labute approximate surface area is 97.0 Å². The highest BCUT2D eigenvalue weighted by Crippen LogP contribution is 2.38. The lowest BCUT2D eigenvalue weighted by Gasteiger charge is -2.00. The fourth-order valence-corrected chi connectivity index (χ4v) is 3.20. The topological polar surface area (TPSA) is 69.2 Å². The van der Waals surface area contributed by atoms with Gasteiger partial charge in [0.1, 0.15) is 10.4 Å². The number of nitrogens with two attached hydrogens (primary N) is 1. The molecule has 14 heavy (non-hydrogen) atoms. The molecule has 1 aromatic heterocycles. The van der Waals surface area contributed by atoms with Gasteiger partial charge >= 0.3 is 5.69 Å². The van der Waals surface area contributed by atoms with Crippen molar-refractivity contribution in [3.8, 4) is 0 Å². The van der Waals surface area contributed by atoms with Gasteiger partial charge in [-0.25, -0.2) is 0 Å². The smallest absolute Gasteiger partial charge is 0.309 e. The van der Waals surface area contributed by atoms with E-state index in [1.165, 1.54) is 11.3 Å². The molecule has 1 aromatic carbocycles. The molecule has 0 saturated carbocycles. The van der Waals surface area contributed by atoms with Crippen LogP contribution in [0.25, 0.3) is 10.1 Å². The molecule has 2 rings (SSSR count). The Morgan fingerprint density at radius 1 is 1.57 bits per heavy atom. The summed E-state index contributed by atoms with van der Waals surface area (Å²) in [6.07, 6.45) is 0. The molecule has 0 aliphatic carbocycles. The van der Waals surface area contributed by atoms with Crippen molar-refractivity contribution in [2.45, 2.75) is 0 Å². The van der Waals surface area contributed by atoms with Crippen LogP contribution < -0.4 is 5.73 Å². The second kappa shape index (κ2) is 3.35. The van der Waals surface area contributed by atoms with Crippen molar-refractivity contribution >= 4 is 55.4 Å². The fraction of sp³-hybridized carbons (Fsp3) is 0. The summed E-state index contributed by atoms with van der Waals surface area (Å²) in [6, 6.07) is 3.50. The number of fused-ring (bicyclic) bond motifs is 1. The number of nitro groups is 1. The molecule has 1 heterocycles. The highest BCUT2D eigenvalue weighted by Gasteiger charge is 2.19. The van der Waals surface area contributed by atoms with Crippen molar-refractivity contribution in [3.63, 3.8) is 0 Å². The molecule has 0 spiro atoms. The molecule has 0 aliphatic rings. The van der Waals surface area contributed by atoms with Gasteiger partial charge in [-0.05, 0) is 40.1 Å². The summed E-state index contributed by atoms with van der Waals surface area (Å²) >= 11 is 3.47. The van der Waals surface area contributed by atoms with Gasteiger partial charge in [-0.15, -0.1) is 11.3 Å². The van der Waals surface area contributed by atoms with Gasteiger partial charge in [0.25, 0.3) is 0 Å². The van der Waals surface area contributed by atoms with Crippen LogP contribution in [-0.2, 0) is 0 Å². The van der Waals surface area contributed by atoms with E-state index in [9.17, 15) is 10.1 Å². The van der Waals surface area contributed by atoms with Crippen LogP contribution in [0.2, 0.25) is 0 Å². The Kier molecular flexibility index (Phi) is 2.31. The molecule has 0 amide bonds. The minimum Gasteiger partial charge on any atom is -0.393 e. The van der Waals surface area contributed by atoms with Crippen molar-refractivity contribution in [1.82, 2.24) is 0 Å². The van der Waals surface area contributed by atoms with Crippen molar-refractivity contribution < 1.29 is 4.92 Å². The van der Waals surface area contributed by atoms with Crippen LogP contribution in [0.5, 0.6) is 0 Å². The summed E-state index contributed by atoms with van der Waals surface area (Å²) in [5.41, 5.74) is 5.86. The number of hydrogen-bond acceptors (Lipinski definition) is 4. The Balaban J connectivity index is 2.93. The maximum atomic E-state index is 10.8. The van der Waals surface area contributed by atoms with Gasteiger partial charge in [0.05, 0.1) is 4.92 Å². The van der Waals surface area contributed by atoms with E-state index in [0.717, 1.165) is 8.96 Å². The van der Waals surface area contributed by atoms with E-state index in [2.05, 4.69) is 22.6 Å². The summed E-state index contributed by atoms with van der Waals surface area (Å²) in [7, 11) is 0. The zero-order chi connectivity index (χ0) is 10.3. The largest absolute Gasteiger partial charge is 0.393 e. The first kappa shape index (κ1) is 9.66. The van der Waals surface area contributed by atoms with Crippen LogP contribution in [0, 0.1) is 13.7 Å². The van der Waals surface area contributed by atoms with Gasteiger partial charge in [0.2, 0.25) is 0 Å². The summed E-state index contributed by atoms with van der Waals surface area (Å²) < 4.78 is 1.60. The van der Waals surface area contributed by atoms with Crippen molar-refractivity contribution in [2.75, 3.05) is 5.73 Å². The third-order valence-corrected chi connectivity index (χ3v) is 3.69. The fourth-order valence-electron chi connectivity index (χ4n) is 1.28. The van der Waals surface area contributed by atoms with Gasteiger partial charge in [0.15, 0.2) is 0 Å². The number of nitro benzene ring substituents is 1. The number of thiophene rings is 1. The lowest BCUT2D eigenvalue weighted by molar-refractivity contribution is -0.381. The van der Waals surface area contributed by atoms with Crippen LogP contribution >= 0.6 is 33.9 Å². The summed E-state index contributed by atoms with van der Waals surface area (Å²) in [4.78, 5) is 10.3. The van der Waals surface area contributed by atoms with Crippen LogP contribution in [0.4, 0.5) is 11.4 Å². The monoisotopic (exact) mass is 320 g/mol. The number of benzene rings is 1. The number of halogens is 1. The van der Waals surface area contributed by atoms with Gasteiger partial charge in [-0.3, -0.25) is 10.1 Å². The van der Waals surface area contributed by atoms with E-state index >= 15 is 0 Å². The minimum atomic E-state index is -0.426. The molecular weight excluding hydrogens is 315 g/mol. The standard InChI is InChI=1S/C8H5IN2O2S/c9-5-3-6(10)7(11(12)13)8-4(5)1-2-14-8/h1-3H,10H2. The average molecular weight is 320 g/mol. The lowest BCUT2D eigenvalue weighted by atomic mass is 10.2. The van der Waals surface area contributed by atoms with Crippen LogP contribution in [0.1, 0.15) is 0 Å². The predicted octanol–water partition coefficient (Wildman–Crippen LogP) is 3.00. The molecule has 4 nitrogen and oxygen atoms in total. The van der Waals surface area contributed by atoms with E-state index in [1.54, 1.807) is 6.07 Å². The quantitative estimate of drug-likeness (QED) is 0.380. The summed E-state index contributed by atoms with van der Waals surface area (Å²) in [6.45, 7) is 0. The van der Waals surface area contributed by atoms with Crippen LogP contribution in [0.15, 0.2) is 17.5 Å². The maximum absolute atomic E-state index is 10.8. The maximum Gasteiger partial charge on any atom is 0.309 e. The predicted molar refractivity (Wildman–Crippen MR) is 65.6 cm³/mol. The van der Waals surface area contributed by atoms with Crippen molar-refractivity contribution in [2.24, 2.45) is 0 Å². The van der Waals surface area contributed by atoms with Gasteiger partial charge in [-0.2, -0.15) is 0 Å².